The lowest BCUT2D eigenvalue weighted by atomic mass is 9.99. The average molecular weight is 241 g/mol. The SMILES string of the molecule is C=C(Br)C(C)=C=C(C)C1CCCC1. The topological polar surface area (TPSA) is 0 Å². The van der Waals surface area contributed by atoms with Gasteiger partial charge >= 0.3 is 0 Å². The molecule has 0 bridgehead atoms. The van der Waals surface area contributed by atoms with Crippen molar-refractivity contribution in [2.24, 2.45) is 5.92 Å². The molecule has 0 radical (unpaired) electrons. The molecule has 0 N–H and O–H groups in total. The Labute approximate surface area is 89.5 Å². The maximum atomic E-state index is 3.84. The molecule has 0 unspecified atom stereocenters. The lowest BCUT2D eigenvalue weighted by Crippen LogP contribution is -1.93. The van der Waals surface area contributed by atoms with Crippen LogP contribution in [0.2, 0.25) is 0 Å². The minimum Gasteiger partial charge on any atom is -0.117 e. The van der Waals surface area contributed by atoms with Crippen LogP contribution in [0.1, 0.15) is 39.5 Å². The molecule has 0 aliphatic heterocycles. The van der Waals surface area contributed by atoms with Gasteiger partial charge in [-0.1, -0.05) is 35.4 Å². The van der Waals surface area contributed by atoms with Gasteiger partial charge < -0.3 is 0 Å². The second-order valence-electron chi connectivity index (χ2n) is 3.82. The van der Waals surface area contributed by atoms with E-state index in [0.717, 1.165) is 16.0 Å². The van der Waals surface area contributed by atoms with Crippen LogP contribution < -0.4 is 0 Å². The van der Waals surface area contributed by atoms with Gasteiger partial charge in [0, 0.05) is 10.1 Å². The average Bonchev–Trinajstić information content (AvgIpc) is 2.55. The molecule has 1 aliphatic carbocycles. The van der Waals surface area contributed by atoms with Crippen LogP contribution in [-0.4, -0.2) is 0 Å². The summed E-state index contributed by atoms with van der Waals surface area (Å²) >= 11 is 3.37. The van der Waals surface area contributed by atoms with E-state index in [0.29, 0.717) is 0 Å². The minimum absolute atomic E-state index is 0.779. The predicted octanol–water partition coefficient (Wildman–Crippen LogP) is 4.58. The van der Waals surface area contributed by atoms with Crippen molar-refractivity contribution in [3.05, 3.63) is 27.9 Å². The van der Waals surface area contributed by atoms with Crippen molar-refractivity contribution in [1.82, 2.24) is 0 Å². The Bertz CT molecular complexity index is 261. The van der Waals surface area contributed by atoms with Gasteiger partial charge in [-0.15, -0.1) is 5.73 Å². The molecule has 72 valence electrons. The Hall–Kier alpha value is -0.260. The van der Waals surface area contributed by atoms with Gasteiger partial charge in [0.25, 0.3) is 0 Å². The molecule has 0 atom stereocenters. The maximum absolute atomic E-state index is 3.84. The molecular formula is C12H17Br. The van der Waals surface area contributed by atoms with Crippen molar-refractivity contribution in [2.45, 2.75) is 39.5 Å². The van der Waals surface area contributed by atoms with Gasteiger partial charge in [-0.05, 0) is 38.2 Å². The van der Waals surface area contributed by atoms with Crippen LogP contribution in [-0.2, 0) is 0 Å². The predicted molar refractivity (Wildman–Crippen MR) is 61.9 cm³/mol. The third-order valence-electron chi connectivity index (χ3n) is 2.76. The molecule has 0 aromatic heterocycles. The molecule has 1 saturated carbocycles. The zero-order valence-corrected chi connectivity index (χ0v) is 10.1. The Morgan fingerprint density at radius 3 is 2.31 bits per heavy atom. The lowest BCUT2D eigenvalue weighted by Gasteiger charge is -2.06. The van der Waals surface area contributed by atoms with E-state index in [4.69, 9.17) is 0 Å². The maximum Gasteiger partial charge on any atom is 0.0209 e. The molecule has 0 nitrogen and oxygen atoms in total. The summed E-state index contributed by atoms with van der Waals surface area (Å²) in [5.74, 6) is 0.779. The molecule has 1 aliphatic rings. The summed E-state index contributed by atoms with van der Waals surface area (Å²) < 4.78 is 0.949. The first-order valence-corrected chi connectivity index (χ1v) is 5.69. The Morgan fingerprint density at radius 1 is 1.31 bits per heavy atom. The van der Waals surface area contributed by atoms with E-state index < -0.39 is 0 Å². The van der Waals surface area contributed by atoms with Crippen molar-refractivity contribution < 1.29 is 0 Å². The molecule has 0 heterocycles. The molecule has 0 saturated heterocycles. The number of rotatable bonds is 2. The lowest BCUT2D eigenvalue weighted by molar-refractivity contribution is 0.643. The summed E-state index contributed by atoms with van der Waals surface area (Å²) in [4.78, 5) is 0. The Morgan fingerprint density at radius 2 is 1.85 bits per heavy atom. The van der Waals surface area contributed by atoms with E-state index in [1.54, 1.807) is 0 Å². The second kappa shape index (κ2) is 4.83. The van der Waals surface area contributed by atoms with Crippen LogP contribution in [0.4, 0.5) is 0 Å². The van der Waals surface area contributed by atoms with Crippen molar-refractivity contribution in [2.75, 3.05) is 0 Å². The first-order valence-electron chi connectivity index (χ1n) is 4.90. The largest absolute Gasteiger partial charge is 0.117 e. The molecule has 0 aromatic rings. The van der Waals surface area contributed by atoms with E-state index in [-0.39, 0.29) is 0 Å². The van der Waals surface area contributed by atoms with Crippen molar-refractivity contribution in [1.29, 1.82) is 0 Å². The van der Waals surface area contributed by atoms with Crippen LogP contribution in [0.25, 0.3) is 0 Å². The van der Waals surface area contributed by atoms with E-state index in [2.05, 4.69) is 42.1 Å². The van der Waals surface area contributed by atoms with Gasteiger partial charge in [-0.3, -0.25) is 0 Å². The van der Waals surface area contributed by atoms with E-state index >= 15 is 0 Å². The third-order valence-corrected chi connectivity index (χ3v) is 3.35. The van der Waals surface area contributed by atoms with Crippen molar-refractivity contribution >= 4 is 15.9 Å². The minimum atomic E-state index is 0.779. The summed E-state index contributed by atoms with van der Waals surface area (Å²) in [6.45, 7) is 8.08. The molecular weight excluding hydrogens is 224 g/mol. The van der Waals surface area contributed by atoms with Crippen LogP contribution in [0.15, 0.2) is 27.9 Å². The highest BCUT2D eigenvalue weighted by Gasteiger charge is 2.15. The van der Waals surface area contributed by atoms with Crippen LogP contribution >= 0.6 is 15.9 Å². The van der Waals surface area contributed by atoms with Crippen LogP contribution in [0.3, 0.4) is 0 Å². The first-order chi connectivity index (χ1) is 6.11. The molecule has 1 fully saturated rings. The highest BCUT2D eigenvalue weighted by Crippen LogP contribution is 2.30. The van der Waals surface area contributed by atoms with Gasteiger partial charge in [0.05, 0.1) is 0 Å². The summed E-state index contributed by atoms with van der Waals surface area (Å²) in [6.07, 6.45) is 5.47. The van der Waals surface area contributed by atoms with Crippen LogP contribution in [0.5, 0.6) is 0 Å². The summed E-state index contributed by atoms with van der Waals surface area (Å²) in [5.41, 5.74) is 5.94. The second-order valence-corrected chi connectivity index (χ2v) is 4.78. The highest BCUT2D eigenvalue weighted by atomic mass is 79.9. The normalized spacial score (nSPS) is 16.8. The molecule has 0 amide bonds. The molecule has 1 rings (SSSR count). The zero-order valence-electron chi connectivity index (χ0n) is 8.49. The van der Waals surface area contributed by atoms with E-state index in [9.17, 15) is 0 Å². The zero-order chi connectivity index (χ0) is 9.84. The van der Waals surface area contributed by atoms with Crippen molar-refractivity contribution in [3.8, 4) is 0 Å². The smallest absolute Gasteiger partial charge is 0.0209 e. The molecule has 0 spiro atoms. The Balaban J connectivity index is 2.79. The fourth-order valence-corrected chi connectivity index (χ4v) is 1.92. The molecule has 0 aromatic carbocycles. The fraction of sp³-hybridized carbons (Fsp3) is 0.583. The number of hydrogen-bond acceptors (Lipinski definition) is 0. The first kappa shape index (κ1) is 10.8. The third kappa shape index (κ3) is 3.17. The van der Waals surface area contributed by atoms with E-state index in [1.807, 2.05) is 0 Å². The standard InChI is InChI=1S/C12H17Br/c1-9(11(3)13)8-10(2)12-6-4-5-7-12/h12H,3-7H2,1-2H3. The summed E-state index contributed by atoms with van der Waals surface area (Å²) in [5, 5.41) is 0. The summed E-state index contributed by atoms with van der Waals surface area (Å²) in [6, 6.07) is 0. The highest BCUT2D eigenvalue weighted by molar-refractivity contribution is 9.11. The quantitative estimate of drug-likeness (QED) is 0.490. The monoisotopic (exact) mass is 240 g/mol. The summed E-state index contributed by atoms with van der Waals surface area (Å²) in [7, 11) is 0. The van der Waals surface area contributed by atoms with Gasteiger partial charge in [0.15, 0.2) is 0 Å². The molecule has 13 heavy (non-hydrogen) atoms. The van der Waals surface area contributed by atoms with Gasteiger partial charge in [-0.2, -0.15) is 0 Å². The molecule has 1 heteroatoms. The fourth-order valence-electron chi connectivity index (χ4n) is 1.82. The Kier molecular flexibility index (Phi) is 4.02. The number of allylic oxidation sites excluding steroid dienone is 2. The van der Waals surface area contributed by atoms with Gasteiger partial charge in [0.2, 0.25) is 0 Å². The van der Waals surface area contributed by atoms with Crippen molar-refractivity contribution in [3.63, 3.8) is 0 Å². The van der Waals surface area contributed by atoms with Gasteiger partial charge in [0.1, 0.15) is 0 Å². The van der Waals surface area contributed by atoms with E-state index in [1.165, 1.54) is 31.3 Å². The number of hydrogen-bond donors (Lipinski definition) is 0. The van der Waals surface area contributed by atoms with Crippen LogP contribution in [0, 0.1) is 5.92 Å². The number of halogens is 1. The van der Waals surface area contributed by atoms with Gasteiger partial charge in [-0.25, -0.2) is 0 Å².